The molecule has 2 heterocycles. The molecule has 20 heavy (non-hydrogen) atoms. The van der Waals surface area contributed by atoms with E-state index < -0.39 is 0 Å². The molecular weight excluding hydrogens is 316 g/mol. The van der Waals surface area contributed by atoms with Crippen LogP contribution in [0.4, 0.5) is 0 Å². The monoisotopic (exact) mass is 334 g/mol. The fourth-order valence-corrected chi connectivity index (χ4v) is 3.44. The Bertz CT molecular complexity index is 687. The van der Waals surface area contributed by atoms with Crippen LogP contribution < -0.4 is 10.9 Å². The summed E-state index contributed by atoms with van der Waals surface area (Å²) in [7, 11) is 1.87. The molecule has 0 atom stereocenters. The largest absolute Gasteiger partial charge is 0.317 e. The molecule has 0 amide bonds. The van der Waals surface area contributed by atoms with Crippen molar-refractivity contribution < 1.29 is 0 Å². The van der Waals surface area contributed by atoms with E-state index >= 15 is 0 Å². The third-order valence-corrected chi connectivity index (χ3v) is 4.72. The van der Waals surface area contributed by atoms with Gasteiger partial charge in [-0.1, -0.05) is 15.9 Å². The van der Waals surface area contributed by atoms with Crippen LogP contribution in [0.15, 0.2) is 33.5 Å². The van der Waals surface area contributed by atoms with Crippen molar-refractivity contribution in [2.45, 2.75) is 19.3 Å². The predicted octanol–water partition coefficient (Wildman–Crippen LogP) is 2.84. The first kappa shape index (κ1) is 13.8. The number of aromatic nitrogens is 1. The summed E-state index contributed by atoms with van der Waals surface area (Å²) in [6, 6.07) is 8.13. The molecule has 0 spiro atoms. The maximum atomic E-state index is 12.5. The normalized spacial score (nSPS) is 16.7. The van der Waals surface area contributed by atoms with Gasteiger partial charge in [-0.15, -0.1) is 0 Å². The number of pyridine rings is 1. The quantitative estimate of drug-likeness (QED) is 0.916. The molecule has 2 aromatic rings. The Kier molecular flexibility index (Phi) is 3.94. The Morgan fingerprint density at radius 1 is 1.30 bits per heavy atom. The van der Waals surface area contributed by atoms with Crippen LogP contribution >= 0.6 is 15.9 Å². The van der Waals surface area contributed by atoms with E-state index in [0.29, 0.717) is 5.92 Å². The lowest BCUT2D eigenvalue weighted by atomic mass is 9.91. The van der Waals surface area contributed by atoms with Gasteiger partial charge in [0.1, 0.15) is 0 Å². The first-order valence-electron chi connectivity index (χ1n) is 7.14. The van der Waals surface area contributed by atoms with Gasteiger partial charge in [-0.25, -0.2) is 0 Å². The number of halogens is 1. The highest BCUT2D eigenvalue weighted by atomic mass is 79.9. The fraction of sp³-hybridized carbons (Fsp3) is 0.438. The zero-order valence-corrected chi connectivity index (χ0v) is 13.2. The van der Waals surface area contributed by atoms with Gasteiger partial charge in [0.25, 0.3) is 5.56 Å². The molecule has 1 aliphatic rings. The molecule has 0 radical (unpaired) electrons. The second kappa shape index (κ2) is 5.70. The topological polar surface area (TPSA) is 34.0 Å². The highest BCUT2D eigenvalue weighted by molar-refractivity contribution is 9.10. The van der Waals surface area contributed by atoms with E-state index in [9.17, 15) is 4.79 Å². The lowest BCUT2D eigenvalue weighted by Gasteiger charge is -2.22. The van der Waals surface area contributed by atoms with E-state index in [2.05, 4.69) is 33.4 Å². The van der Waals surface area contributed by atoms with E-state index in [4.69, 9.17) is 0 Å². The molecule has 0 aliphatic carbocycles. The number of aryl methyl sites for hydroxylation is 1. The average Bonchev–Trinajstić information content (AvgIpc) is 2.45. The molecule has 0 unspecified atom stereocenters. The number of nitrogens with zero attached hydrogens (tertiary/aromatic N) is 1. The number of benzene rings is 1. The number of hydrogen-bond acceptors (Lipinski definition) is 2. The molecule has 1 N–H and O–H groups in total. The Morgan fingerprint density at radius 3 is 2.80 bits per heavy atom. The van der Waals surface area contributed by atoms with E-state index in [1.54, 1.807) is 4.57 Å². The van der Waals surface area contributed by atoms with Gasteiger partial charge in [0.2, 0.25) is 0 Å². The molecule has 3 rings (SSSR count). The van der Waals surface area contributed by atoms with Crippen molar-refractivity contribution in [1.29, 1.82) is 0 Å². The average molecular weight is 335 g/mol. The van der Waals surface area contributed by atoms with Crippen molar-refractivity contribution in [3.63, 3.8) is 0 Å². The van der Waals surface area contributed by atoms with Crippen LogP contribution in [0, 0.1) is 5.92 Å². The number of fused-ring (bicyclic) bond motifs is 1. The Balaban J connectivity index is 2.01. The summed E-state index contributed by atoms with van der Waals surface area (Å²) in [5, 5.41) is 4.50. The first-order chi connectivity index (χ1) is 9.65. The third-order valence-electron chi connectivity index (χ3n) is 4.23. The third kappa shape index (κ3) is 2.67. The Morgan fingerprint density at radius 2 is 2.05 bits per heavy atom. The molecule has 4 heteroatoms. The van der Waals surface area contributed by atoms with Gasteiger partial charge in [-0.05, 0) is 67.9 Å². The van der Waals surface area contributed by atoms with E-state index in [1.165, 1.54) is 12.8 Å². The molecule has 1 aromatic carbocycles. The highest BCUT2D eigenvalue weighted by Crippen LogP contribution is 2.22. The van der Waals surface area contributed by atoms with Crippen LogP contribution in [0.25, 0.3) is 10.9 Å². The molecule has 1 saturated heterocycles. The van der Waals surface area contributed by atoms with Gasteiger partial charge in [-0.2, -0.15) is 0 Å². The zero-order chi connectivity index (χ0) is 14.1. The number of piperidine rings is 1. The first-order valence-corrected chi connectivity index (χ1v) is 7.93. The number of hydrogen-bond donors (Lipinski definition) is 1. The summed E-state index contributed by atoms with van der Waals surface area (Å²) in [6.07, 6.45) is 3.23. The standard InChI is InChI=1S/C16H19BrN2O/c1-19-15-3-2-14(17)10-12(15)9-13(16(19)20)8-11-4-6-18-7-5-11/h2-3,9-11,18H,4-8H2,1H3. The minimum absolute atomic E-state index is 0.151. The minimum Gasteiger partial charge on any atom is -0.317 e. The van der Waals surface area contributed by atoms with Gasteiger partial charge in [0.05, 0.1) is 5.52 Å². The summed E-state index contributed by atoms with van der Waals surface area (Å²) >= 11 is 3.50. The van der Waals surface area contributed by atoms with Crippen LogP contribution in [0.5, 0.6) is 0 Å². The Labute approximate surface area is 127 Å². The lowest BCUT2D eigenvalue weighted by molar-refractivity contribution is 0.371. The van der Waals surface area contributed by atoms with Crippen molar-refractivity contribution in [1.82, 2.24) is 9.88 Å². The van der Waals surface area contributed by atoms with E-state index in [1.807, 2.05) is 19.2 Å². The zero-order valence-electron chi connectivity index (χ0n) is 11.7. The molecular formula is C16H19BrN2O. The smallest absolute Gasteiger partial charge is 0.253 e. The summed E-state index contributed by atoms with van der Waals surface area (Å²) in [4.78, 5) is 12.5. The van der Waals surface area contributed by atoms with Gasteiger partial charge < -0.3 is 9.88 Å². The summed E-state index contributed by atoms with van der Waals surface area (Å²) in [6.45, 7) is 2.15. The molecule has 106 valence electrons. The second-order valence-corrected chi connectivity index (χ2v) is 6.55. The van der Waals surface area contributed by atoms with Crippen LogP contribution in [0.1, 0.15) is 18.4 Å². The maximum absolute atomic E-state index is 12.5. The predicted molar refractivity (Wildman–Crippen MR) is 86.2 cm³/mol. The number of nitrogens with one attached hydrogen (secondary N) is 1. The van der Waals surface area contributed by atoms with Crippen LogP contribution in [-0.2, 0) is 13.5 Å². The van der Waals surface area contributed by atoms with Crippen molar-refractivity contribution in [3.05, 3.63) is 44.7 Å². The minimum atomic E-state index is 0.151. The highest BCUT2D eigenvalue weighted by Gasteiger charge is 2.16. The molecule has 1 aliphatic heterocycles. The Hall–Kier alpha value is -1.13. The van der Waals surface area contributed by atoms with Crippen molar-refractivity contribution in [2.24, 2.45) is 13.0 Å². The molecule has 3 nitrogen and oxygen atoms in total. The van der Waals surface area contributed by atoms with E-state index in [-0.39, 0.29) is 5.56 Å². The van der Waals surface area contributed by atoms with Gasteiger partial charge in [-0.3, -0.25) is 4.79 Å². The molecule has 1 aromatic heterocycles. The van der Waals surface area contributed by atoms with Crippen LogP contribution in [0.2, 0.25) is 0 Å². The van der Waals surface area contributed by atoms with Crippen molar-refractivity contribution in [3.8, 4) is 0 Å². The summed E-state index contributed by atoms with van der Waals surface area (Å²) < 4.78 is 2.83. The number of rotatable bonds is 2. The molecule has 0 saturated carbocycles. The summed E-state index contributed by atoms with van der Waals surface area (Å²) in [5.74, 6) is 0.633. The summed E-state index contributed by atoms with van der Waals surface area (Å²) in [5.41, 5.74) is 2.09. The lowest BCUT2D eigenvalue weighted by Crippen LogP contribution is -2.30. The molecule has 1 fully saturated rings. The SMILES string of the molecule is Cn1c(=O)c(CC2CCNCC2)cc2cc(Br)ccc21. The van der Waals surface area contributed by atoms with Crippen molar-refractivity contribution >= 4 is 26.8 Å². The van der Waals surface area contributed by atoms with Gasteiger partial charge in [0, 0.05) is 17.1 Å². The fourth-order valence-electron chi connectivity index (χ4n) is 3.06. The van der Waals surface area contributed by atoms with Crippen LogP contribution in [0.3, 0.4) is 0 Å². The molecule has 0 bridgehead atoms. The second-order valence-electron chi connectivity index (χ2n) is 5.63. The van der Waals surface area contributed by atoms with E-state index in [0.717, 1.165) is 40.4 Å². The van der Waals surface area contributed by atoms with Crippen LogP contribution in [-0.4, -0.2) is 17.7 Å². The maximum Gasteiger partial charge on any atom is 0.253 e. The van der Waals surface area contributed by atoms with Gasteiger partial charge >= 0.3 is 0 Å². The van der Waals surface area contributed by atoms with Gasteiger partial charge in [0.15, 0.2) is 0 Å². The van der Waals surface area contributed by atoms with Crippen molar-refractivity contribution in [2.75, 3.05) is 13.1 Å².